The van der Waals surface area contributed by atoms with Gasteiger partial charge in [-0.05, 0) is 61.0 Å². The van der Waals surface area contributed by atoms with Crippen molar-refractivity contribution in [3.63, 3.8) is 0 Å². The number of imide groups is 1. The maximum absolute atomic E-state index is 13.5. The molecule has 1 aromatic carbocycles. The van der Waals surface area contributed by atoms with Crippen LogP contribution < -0.4 is 16.0 Å². The number of carbonyl (C=O) groups excluding carboxylic acids is 6. The smallest absolute Gasteiger partial charge is 0.260 e. The second kappa shape index (κ2) is 18.2. The van der Waals surface area contributed by atoms with Gasteiger partial charge in [0.15, 0.2) is 5.12 Å². The summed E-state index contributed by atoms with van der Waals surface area (Å²) < 4.78 is 0. The summed E-state index contributed by atoms with van der Waals surface area (Å²) in [6.45, 7) is 6.84. The summed E-state index contributed by atoms with van der Waals surface area (Å²) in [5.41, 5.74) is -0.311. The van der Waals surface area contributed by atoms with Crippen LogP contribution in [0.25, 0.3) is 0 Å². The molecule has 3 atom stereocenters. The number of thioether (sulfide) groups is 2. The van der Waals surface area contributed by atoms with E-state index in [1.807, 2.05) is 27.0 Å². The molecule has 0 unspecified atom stereocenters. The highest BCUT2D eigenvalue weighted by atomic mass is 32.2. The first kappa shape index (κ1) is 36.5. The zero-order valence-electron chi connectivity index (χ0n) is 25.7. The third-order valence-corrected chi connectivity index (χ3v) is 8.16. The highest BCUT2D eigenvalue weighted by Gasteiger charge is 2.36. The third-order valence-electron chi connectivity index (χ3n) is 6.45. The first-order valence-corrected chi connectivity index (χ1v) is 16.4. The van der Waals surface area contributed by atoms with Crippen LogP contribution in [0.4, 0.5) is 5.82 Å². The number of nitrogens with zero attached hydrogens (tertiary/aromatic N) is 2. The largest absolute Gasteiger partial charge is 0.343 e. The van der Waals surface area contributed by atoms with Crippen molar-refractivity contribution in [1.82, 2.24) is 20.5 Å². The fourth-order valence-electron chi connectivity index (χ4n) is 4.16. The molecular weight excluding hydrogens is 603 g/mol. The number of nitrogens with one attached hydrogen (secondary N) is 3. The van der Waals surface area contributed by atoms with Crippen LogP contribution in [0.1, 0.15) is 57.3 Å². The minimum absolute atomic E-state index is 0.0501. The molecule has 2 rings (SSSR count). The Balaban J connectivity index is 2.13. The molecule has 0 aliphatic heterocycles. The van der Waals surface area contributed by atoms with Gasteiger partial charge in [0.2, 0.25) is 24.1 Å². The monoisotopic (exact) mass is 643 g/mol. The molecule has 238 valence electrons. The third kappa shape index (κ3) is 12.1. The molecule has 1 heterocycles. The van der Waals surface area contributed by atoms with Crippen LogP contribution in [0.5, 0.6) is 0 Å². The van der Waals surface area contributed by atoms with Crippen LogP contribution in [0.2, 0.25) is 0 Å². The van der Waals surface area contributed by atoms with Crippen molar-refractivity contribution in [3.05, 3.63) is 60.3 Å². The van der Waals surface area contributed by atoms with E-state index < -0.39 is 46.4 Å². The van der Waals surface area contributed by atoms with Crippen molar-refractivity contribution in [2.45, 2.75) is 64.3 Å². The van der Waals surface area contributed by atoms with Crippen LogP contribution in [0, 0.1) is 5.41 Å². The van der Waals surface area contributed by atoms with E-state index in [2.05, 4.69) is 20.9 Å². The lowest BCUT2D eigenvalue weighted by atomic mass is 9.85. The van der Waals surface area contributed by atoms with Gasteiger partial charge in [0.1, 0.15) is 17.9 Å². The van der Waals surface area contributed by atoms with Gasteiger partial charge >= 0.3 is 0 Å². The van der Waals surface area contributed by atoms with E-state index in [0.29, 0.717) is 30.0 Å². The van der Waals surface area contributed by atoms with Crippen molar-refractivity contribution in [2.24, 2.45) is 5.41 Å². The molecule has 0 fully saturated rings. The molecule has 3 N–H and O–H groups in total. The van der Waals surface area contributed by atoms with Gasteiger partial charge in [-0.25, -0.2) is 4.98 Å². The predicted octanol–water partition coefficient (Wildman–Crippen LogP) is 3.52. The Kier molecular flexibility index (Phi) is 15.1. The maximum Gasteiger partial charge on any atom is 0.260 e. The topological polar surface area (TPSA) is 155 Å². The van der Waals surface area contributed by atoms with Crippen LogP contribution in [0.3, 0.4) is 0 Å². The summed E-state index contributed by atoms with van der Waals surface area (Å²) in [6, 6.07) is 11.5. The van der Waals surface area contributed by atoms with E-state index in [0.717, 1.165) is 16.7 Å². The fraction of sp³-hybridized carbons (Fsp3) is 0.452. The summed E-state index contributed by atoms with van der Waals surface area (Å²) in [4.78, 5) is 81.5. The Labute approximate surface area is 267 Å². The minimum Gasteiger partial charge on any atom is -0.343 e. The summed E-state index contributed by atoms with van der Waals surface area (Å²) >= 11 is 2.32. The Morgan fingerprint density at radius 1 is 0.932 bits per heavy atom. The van der Waals surface area contributed by atoms with Crippen molar-refractivity contribution < 1.29 is 28.8 Å². The molecule has 1 aromatic heterocycles. The average Bonchev–Trinajstić information content (AvgIpc) is 2.99. The van der Waals surface area contributed by atoms with Crippen molar-refractivity contribution >= 4 is 64.5 Å². The number of rotatable bonds is 16. The molecule has 0 aliphatic carbocycles. The molecule has 0 aliphatic rings. The Morgan fingerprint density at radius 3 is 2.18 bits per heavy atom. The van der Waals surface area contributed by atoms with Gasteiger partial charge in [-0.15, -0.1) is 0 Å². The minimum atomic E-state index is -0.969. The van der Waals surface area contributed by atoms with Gasteiger partial charge < -0.3 is 16.0 Å². The van der Waals surface area contributed by atoms with E-state index in [1.165, 1.54) is 18.7 Å². The molecule has 44 heavy (non-hydrogen) atoms. The summed E-state index contributed by atoms with van der Waals surface area (Å²) in [5.74, 6) is -1.07. The van der Waals surface area contributed by atoms with Crippen LogP contribution in [0.15, 0.2) is 54.7 Å². The second-order valence-electron chi connectivity index (χ2n) is 11.1. The number of pyridine rings is 1. The molecule has 13 heteroatoms. The summed E-state index contributed by atoms with van der Waals surface area (Å²) in [6.07, 6.45) is 4.59. The SMILES string of the molecule is CSCC[C@H](NC(=O)[C@H](CCCN(C=O)C(=O)c1ccccc1)SC(C)=O)C(=O)N[C@H](C(=O)Nc1ccccn1)C(C)(C)C. The normalized spacial score (nSPS) is 13.1. The van der Waals surface area contributed by atoms with E-state index in [1.54, 1.807) is 54.7 Å². The molecule has 0 radical (unpaired) electrons. The first-order valence-electron chi connectivity index (χ1n) is 14.2. The molecule has 0 saturated heterocycles. The molecule has 0 saturated carbocycles. The lowest BCUT2D eigenvalue weighted by molar-refractivity contribution is -0.132. The van der Waals surface area contributed by atoms with E-state index in [9.17, 15) is 28.8 Å². The molecular formula is C31H41N5O6S2. The van der Waals surface area contributed by atoms with Crippen LogP contribution >= 0.6 is 23.5 Å². The van der Waals surface area contributed by atoms with Gasteiger partial charge in [-0.1, -0.05) is 56.8 Å². The number of benzene rings is 1. The molecule has 5 amide bonds. The molecule has 0 bridgehead atoms. The van der Waals surface area contributed by atoms with Gasteiger partial charge in [-0.2, -0.15) is 11.8 Å². The zero-order chi connectivity index (χ0) is 32.7. The van der Waals surface area contributed by atoms with E-state index in [-0.39, 0.29) is 24.5 Å². The van der Waals surface area contributed by atoms with Crippen LogP contribution in [-0.2, 0) is 24.0 Å². The number of anilines is 1. The molecule has 0 spiro atoms. The second-order valence-corrected chi connectivity index (χ2v) is 13.4. The zero-order valence-corrected chi connectivity index (χ0v) is 27.3. The standard InChI is InChI=1S/C31H41N5O6S2/c1-21(38)44-24(14-11-18-36(20-37)30(42)22-12-7-6-8-13-22)28(40)33-23(16-19-43-5)27(39)35-26(31(2,3)4)29(41)34-25-15-9-10-17-32-25/h6-10,12-13,15,17,20,23-24,26H,11,14,16,18-19H2,1-5H3,(H,33,40)(H,35,39)(H,32,34,41)/t23-,24-,26+/m0/s1. The molecule has 11 nitrogen and oxygen atoms in total. The predicted molar refractivity (Wildman–Crippen MR) is 174 cm³/mol. The van der Waals surface area contributed by atoms with Gasteiger partial charge in [0.25, 0.3) is 5.91 Å². The van der Waals surface area contributed by atoms with Crippen molar-refractivity contribution in [1.29, 1.82) is 0 Å². The molecule has 2 aromatic rings. The number of carbonyl (C=O) groups is 6. The quantitative estimate of drug-likeness (QED) is 0.233. The number of hydrogen-bond acceptors (Lipinski definition) is 9. The van der Waals surface area contributed by atoms with Gasteiger partial charge in [0, 0.05) is 25.2 Å². The van der Waals surface area contributed by atoms with E-state index >= 15 is 0 Å². The lowest BCUT2D eigenvalue weighted by Crippen LogP contribution is -2.57. The van der Waals surface area contributed by atoms with Crippen molar-refractivity contribution in [2.75, 3.05) is 23.9 Å². The lowest BCUT2D eigenvalue weighted by Gasteiger charge is -2.32. The highest BCUT2D eigenvalue weighted by Crippen LogP contribution is 2.22. The number of amides is 5. The number of aromatic nitrogens is 1. The Morgan fingerprint density at radius 2 is 1.61 bits per heavy atom. The Hall–Kier alpha value is -3.71. The Bertz CT molecular complexity index is 1270. The van der Waals surface area contributed by atoms with E-state index in [4.69, 9.17) is 0 Å². The maximum atomic E-state index is 13.5. The van der Waals surface area contributed by atoms with Gasteiger partial charge in [0.05, 0.1) is 5.25 Å². The fourth-order valence-corrected chi connectivity index (χ4v) is 5.49. The van der Waals surface area contributed by atoms with Crippen molar-refractivity contribution in [3.8, 4) is 0 Å². The number of hydrogen-bond donors (Lipinski definition) is 3. The summed E-state index contributed by atoms with van der Waals surface area (Å²) in [7, 11) is 0. The highest BCUT2D eigenvalue weighted by molar-refractivity contribution is 8.14. The first-order chi connectivity index (χ1) is 20.9. The average molecular weight is 644 g/mol. The van der Waals surface area contributed by atoms with Gasteiger partial charge in [-0.3, -0.25) is 33.7 Å². The van der Waals surface area contributed by atoms with Crippen LogP contribution in [-0.4, -0.2) is 80.9 Å². The summed E-state index contributed by atoms with van der Waals surface area (Å²) in [5, 5.41) is 7.15.